The van der Waals surface area contributed by atoms with Crippen molar-refractivity contribution in [3.8, 4) is 0 Å². The Morgan fingerprint density at radius 1 is 1.30 bits per heavy atom. The van der Waals surface area contributed by atoms with Gasteiger partial charge < -0.3 is 9.64 Å². The van der Waals surface area contributed by atoms with E-state index in [0.717, 1.165) is 16.7 Å². The number of carbonyl (C=O) groups is 1. The molecule has 2 atom stereocenters. The van der Waals surface area contributed by atoms with Gasteiger partial charge in [-0.25, -0.2) is 0 Å². The summed E-state index contributed by atoms with van der Waals surface area (Å²) in [5.74, 6) is 0.149. The molecule has 2 heterocycles. The molecule has 0 aliphatic carbocycles. The van der Waals surface area contributed by atoms with Gasteiger partial charge in [-0.1, -0.05) is 30.3 Å². The Kier molecular flexibility index (Phi) is 4.72. The predicted molar refractivity (Wildman–Crippen MR) is 89.0 cm³/mol. The van der Waals surface area contributed by atoms with E-state index >= 15 is 0 Å². The van der Waals surface area contributed by atoms with E-state index in [2.05, 4.69) is 17.1 Å². The minimum atomic E-state index is -0.0464. The SMILES string of the molecule is Cc1cnccc1CC(=O)N1C[C@H](c2ccccc2)OC[C@@H]1C. The zero-order valence-corrected chi connectivity index (χ0v) is 13.6. The fraction of sp³-hybridized carbons (Fsp3) is 0.368. The van der Waals surface area contributed by atoms with E-state index in [1.165, 1.54) is 0 Å². The Labute approximate surface area is 137 Å². The number of morpholine rings is 1. The van der Waals surface area contributed by atoms with Gasteiger partial charge in [0.1, 0.15) is 6.10 Å². The maximum absolute atomic E-state index is 12.8. The van der Waals surface area contributed by atoms with Gasteiger partial charge in [0, 0.05) is 12.4 Å². The number of hydrogen-bond acceptors (Lipinski definition) is 3. The first-order valence-electron chi connectivity index (χ1n) is 8.00. The van der Waals surface area contributed by atoms with Gasteiger partial charge in [-0.15, -0.1) is 0 Å². The lowest BCUT2D eigenvalue weighted by Gasteiger charge is -2.38. The molecule has 1 aromatic heterocycles. The number of amides is 1. The van der Waals surface area contributed by atoms with Gasteiger partial charge in [0.15, 0.2) is 0 Å². The quantitative estimate of drug-likeness (QED) is 0.875. The number of hydrogen-bond donors (Lipinski definition) is 0. The molecular weight excluding hydrogens is 288 g/mol. The Morgan fingerprint density at radius 2 is 2.09 bits per heavy atom. The summed E-state index contributed by atoms with van der Waals surface area (Å²) < 4.78 is 5.93. The Balaban J connectivity index is 1.72. The number of carbonyl (C=O) groups excluding carboxylic acids is 1. The van der Waals surface area contributed by atoms with Crippen LogP contribution in [0.3, 0.4) is 0 Å². The summed E-state index contributed by atoms with van der Waals surface area (Å²) in [5.41, 5.74) is 3.22. The molecule has 1 fully saturated rings. The highest BCUT2D eigenvalue weighted by atomic mass is 16.5. The molecule has 1 amide bonds. The Bertz CT molecular complexity index is 672. The fourth-order valence-corrected chi connectivity index (χ4v) is 2.94. The van der Waals surface area contributed by atoms with Crippen molar-refractivity contribution in [2.45, 2.75) is 32.4 Å². The van der Waals surface area contributed by atoms with Crippen molar-refractivity contribution in [3.05, 3.63) is 65.5 Å². The topological polar surface area (TPSA) is 42.4 Å². The van der Waals surface area contributed by atoms with Crippen LogP contribution in [0, 0.1) is 6.92 Å². The number of pyridine rings is 1. The summed E-state index contributed by atoms with van der Waals surface area (Å²) in [7, 11) is 0. The lowest BCUT2D eigenvalue weighted by molar-refractivity contribution is -0.143. The zero-order valence-electron chi connectivity index (χ0n) is 13.6. The van der Waals surface area contributed by atoms with Gasteiger partial charge in [0.25, 0.3) is 0 Å². The first-order valence-corrected chi connectivity index (χ1v) is 8.00. The fourth-order valence-electron chi connectivity index (χ4n) is 2.94. The van der Waals surface area contributed by atoms with E-state index in [9.17, 15) is 4.79 Å². The molecule has 2 aromatic rings. The van der Waals surface area contributed by atoms with E-state index in [1.807, 2.05) is 43.0 Å². The molecule has 0 N–H and O–H groups in total. The highest BCUT2D eigenvalue weighted by molar-refractivity contribution is 5.79. The van der Waals surface area contributed by atoms with E-state index in [1.54, 1.807) is 12.4 Å². The second-order valence-electron chi connectivity index (χ2n) is 6.11. The third-order valence-electron chi connectivity index (χ3n) is 4.40. The van der Waals surface area contributed by atoms with Crippen LogP contribution >= 0.6 is 0 Å². The molecule has 0 unspecified atom stereocenters. The summed E-state index contributed by atoms with van der Waals surface area (Å²) in [4.78, 5) is 18.8. The second kappa shape index (κ2) is 6.92. The van der Waals surface area contributed by atoms with Crippen molar-refractivity contribution in [2.75, 3.05) is 13.2 Å². The number of aromatic nitrogens is 1. The highest BCUT2D eigenvalue weighted by Crippen LogP contribution is 2.25. The molecule has 4 nitrogen and oxygen atoms in total. The number of nitrogens with zero attached hydrogens (tertiary/aromatic N) is 2. The Morgan fingerprint density at radius 3 is 2.83 bits per heavy atom. The van der Waals surface area contributed by atoms with E-state index in [4.69, 9.17) is 4.74 Å². The van der Waals surface area contributed by atoms with Crippen molar-refractivity contribution in [1.29, 1.82) is 0 Å². The molecule has 0 radical (unpaired) electrons. The van der Waals surface area contributed by atoms with E-state index in [-0.39, 0.29) is 18.1 Å². The highest BCUT2D eigenvalue weighted by Gasteiger charge is 2.30. The van der Waals surface area contributed by atoms with Gasteiger partial charge in [-0.3, -0.25) is 9.78 Å². The van der Waals surface area contributed by atoms with Crippen LogP contribution < -0.4 is 0 Å². The molecule has 0 bridgehead atoms. The van der Waals surface area contributed by atoms with Gasteiger partial charge in [0.2, 0.25) is 5.91 Å². The average Bonchev–Trinajstić information content (AvgIpc) is 2.58. The molecule has 4 heteroatoms. The van der Waals surface area contributed by atoms with Crippen LogP contribution in [-0.2, 0) is 16.0 Å². The van der Waals surface area contributed by atoms with Gasteiger partial charge in [-0.05, 0) is 36.6 Å². The normalized spacial score (nSPS) is 21.2. The maximum Gasteiger partial charge on any atom is 0.227 e. The van der Waals surface area contributed by atoms with Crippen LogP contribution in [0.1, 0.15) is 29.7 Å². The molecule has 0 saturated carbocycles. The summed E-state index contributed by atoms with van der Waals surface area (Å²) in [6.45, 7) is 5.21. The molecular formula is C19H22N2O2. The minimum Gasteiger partial charge on any atom is -0.370 e. The largest absolute Gasteiger partial charge is 0.370 e. The monoisotopic (exact) mass is 310 g/mol. The van der Waals surface area contributed by atoms with E-state index < -0.39 is 0 Å². The van der Waals surface area contributed by atoms with Gasteiger partial charge in [0.05, 0.1) is 25.6 Å². The second-order valence-corrected chi connectivity index (χ2v) is 6.11. The summed E-state index contributed by atoms with van der Waals surface area (Å²) in [6.07, 6.45) is 3.92. The standard InChI is InChI=1S/C19H22N2O2/c1-14-11-20-9-8-17(14)10-19(22)21-12-18(23-13-15(21)2)16-6-4-3-5-7-16/h3-9,11,15,18H,10,12-13H2,1-2H3/t15-,18+/m0/s1. The number of rotatable bonds is 3. The number of ether oxygens (including phenoxy) is 1. The third-order valence-corrected chi connectivity index (χ3v) is 4.40. The molecule has 1 aliphatic rings. The van der Waals surface area contributed by atoms with Gasteiger partial charge >= 0.3 is 0 Å². The Hall–Kier alpha value is -2.20. The molecule has 3 rings (SSSR count). The molecule has 23 heavy (non-hydrogen) atoms. The van der Waals surface area contributed by atoms with Crippen LogP contribution in [0.25, 0.3) is 0 Å². The predicted octanol–water partition coefficient (Wildman–Crippen LogP) is 2.92. The van der Waals surface area contributed by atoms with Crippen LogP contribution in [-0.4, -0.2) is 35.0 Å². The average molecular weight is 310 g/mol. The number of benzene rings is 1. The molecule has 120 valence electrons. The van der Waals surface area contributed by atoms with Crippen molar-refractivity contribution in [3.63, 3.8) is 0 Å². The van der Waals surface area contributed by atoms with Crippen LogP contribution in [0.15, 0.2) is 48.8 Å². The first kappa shape index (κ1) is 15.7. The summed E-state index contributed by atoms with van der Waals surface area (Å²) in [6, 6.07) is 12.1. The van der Waals surface area contributed by atoms with Crippen molar-refractivity contribution in [2.24, 2.45) is 0 Å². The van der Waals surface area contributed by atoms with Crippen LogP contribution in [0.4, 0.5) is 0 Å². The maximum atomic E-state index is 12.8. The summed E-state index contributed by atoms with van der Waals surface area (Å²) >= 11 is 0. The molecule has 1 saturated heterocycles. The summed E-state index contributed by atoms with van der Waals surface area (Å²) in [5, 5.41) is 0. The molecule has 1 aromatic carbocycles. The third kappa shape index (κ3) is 3.59. The van der Waals surface area contributed by atoms with Crippen molar-refractivity contribution < 1.29 is 9.53 Å². The van der Waals surface area contributed by atoms with Crippen LogP contribution in [0.5, 0.6) is 0 Å². The smallest absolute Gasteiger partial charge is 0.227 e. The molecule has 1 aliphatic heterocycles. The lowest BCUT2D eigenvalue weighted by Crippen LogP contribution is -2.48. The van der Waals surface area contributed by atoms with E-state index in [0.29, 0.717) is 19.6 Å². The van der Waals surface area contributed by atoms with Crippen LogP contribution in [0.2, 0.25) is 0 Å². The van der Waals surface area contributed by atoms with Crippen molar-refractivity contribution in [1.82, 2.24) is 9.88 Å². The lowest BCUT2D eigenvalue weighted by atomic mass is 10.0. The van der Waals surface area contributed by atoms with Gasteiger partial charge in [-0.2, -0.15) is 0 Å². The first-order chi connectivity index (χ1) is 11.1. The number of aryl methyl sites for hydroxylation is 1. The zero-order chi connectivity index (χ0) is 16.2. The molecule has 0 spiro atoms. The minimum absolute atomic E-state index is 0.0464. The van der Waals surface area contributed by atoms with Crippen molar-refractivity contribution >= 4 is 5.91 Å².